The number of halogens is 2. The van der Waals surface area contributed by atoms with Crippen LogP contribution in [-0.4, -0.2) is 50.5 Å². The van der Waals surface area contributed by atoms with E-state index < -0.39 is 28.5 Å². The number of carbonyl (C=O) groups excluding carboxylic acids is 2. The summed E-state index contributed by atoms with van der Waals surface area (Å²) in [6, 6.07) is 12.5. The molecule has 2 aromatic rings. The smallest absolute Gasteiger partial charge is 0.244 e. The molecule has 174 valence electrons. The SMILES string of the molecule is CCCNC(=O)[C@@H](C)N(Cc1cccc(Cl)c1)C(=O)CN(c1ccccc1Cl)S(C)(=O)=O. The molecule has 1 N–H and O–H groups in total. The number of sulfonamides is 1. The van der Waals surface area contributed by atoms with E-state index in [1.54, 1.807) is 49.4 Å². The zero-order valence-electron chi connectivity index (χ0n) is 18.2. The van der Waals surface area contributed by atoms with Crippen molar-refractivity contribution in [1.29, 1.82) is 0 Å². The van der Waals surface area contributed by atoms with Gasteiger partial charge in [0, 0.05) is 18.1 Å². The molecule has 0 radical (unpaired) electrons. The highest BCUT2D eigenvalue weighted by atomic mass is 35.5. The first kappa shape index (κ1) is 26.0. The van der Waals surface area contributed by atoms with Crippen molar-refractivity contribution in [2.24, 2.45) is 0 Å². The Hall–Kier alpha value is -2.29. The number of anilines is 1. The van der Waals surface area contributed by atoms with Gasteiger partial charge in [0.25, 0.3) is 0 Å². The second-order valence-corrected chi connectivity index (χ2v) is 10.1. The van der Waals surface area contributed by atoms with E-state index in [1.807, 2.05) is 6.92 Å². The Morgan fingerprint density at radius 1 is 1.09 bits per heavy atom. The summed E-state index contributed by atoms with van der Waals surface area (Å²) in [6.07, 6.45) is 1.75. The molecular weight excluding hydrogens is 473 g/mol. The molecule has 10 heteroatoms. The number of nitrogens with zero attached hydrogens (tertiary/aromatic N) is 2. The maximum absolute atomic E-state index is 13.4. The number of nitrogens with one attached hydrogen (secondary N) is 1. The van der Waals surface area contributed by atoms with Crippen LogP contribution >= 0.6 is 23.2 Å². The normalized spacial score (nSPS) is 12.2. The van der Waals surface area contributed by atoms with Crippen LogP contribution in [0, 0.1) is 0 Å². The van der Waals surface area contributed by atoms with Gasteiger partial charge in [-0.1, -0.05) is 54.4 Å². The minimum absolute atomic E-state index is 0.0836. The Morgan fingerprint density at radius 3 is 2.38 bits per heavy atom. The van der Waals surface area contributed by atoms with Crippen LogP contribution in [0.4, 0.5) is 5.69 Å². The summed E-state index contributed by atoms with van der Waals surface area (Å²) < 4.78 is 25.9. The van der Waals surface area contributed by atoms with Crippen molar-refractivity contribution in [2.75, 3.05) is 23.7 Å². The molecule has 2 rings (SSSR count). The van der Waals surface area contributed by atoms with E-state index in [0.717, 1.165) is 17.0 Å². The standard InChI is InChI=1S/C22H27Cl2N3O4S/c1-4-12-25-22(29)16(2)26(14-17-8-7-9-18(23)13-17)21(28)15-27(32(3,30)31)20-11-6-5-10-19(20)24/h5-11,13,16H,4,12,14-15H2,1-3H3,(H,25,29)/t16-/m1/s1. The summed E-state index contributed by atoms with van der Waals surface area (Å²) in [5, 5.41) is 3.46. The van der Waals surface area contributed by atoms with Crippen LogP contribution in [-0.2, 0) is 26.2 Å². The molecule has 0 aliphatic carbocycles. The predicted octanol–water partition coefficient (Wildman–Crippen LogP) is 3.70. The van der Waals surface area contributed by atoms with Crippen LogP contribution in [0.1, 0.15) is 25.8 Å². The molecule has 0 aliphatic heterocycles. The fraction of sp³-hybridized carbons (Fsp3) is 0.364. The summed E-state index contributed by atoms with van der Waals surface area (Å²) >= 11 is 12.3. The van der Waals surface area contributed by atoms with Crippen LogP contribution in [0.5, 0.6) is 0 Å². The van der Waals surface area contributed by atoms with Gasteiger partial charge in [0.1, 0.15) is 12.6 Å². The first-order chi connectivity index (χ1) is 15.0. The van der Waals surface area contributed by atoms with Crippen molar-refractivity contribution in [3.05, 3.63) is 64.1 Å². The topological polar surface area (TPSA) is 86.8 Å². The molecular formula is C22H27Cl2N3O4S. The van der Waals surface area contributed by atoms with Gasteiger partial charge < -0.3 is 10.2 Å². The van der Waals surface area contributed by atoms with Crippen LogP contribution in [0.25, 0.3) is 0 Å². The van der Waals surface area contributed by atoms with Gasteiger partial charge in [0.05, 0.1) is 17.0 Å². The van der Waals surface area contributed by atoms with Gasteiger partial charge in [0.15, 0.2) is 0 Å². The van der Waals surface area contributed by atoms with Crippen LogP contribution in [0.15, 0.2) is 48.5 Å². The Kier molecular flexibility index (Phi) is 9.36. The van der Waals surface area contributed by atoms with Crippen molar-refractivity contribution in [2.45, 2.75) is 32.9 Å². The lowest BCUT2D eigenvalue weighted by Crippen LogP contribution is -2.51. The fourth-order valence-electron chi connectivity index (χ4n) is 3.06. The molecule has 0 heterocycles. The highest BCUT2D eigenvalue weighted by Gasteiger charge is 2.30. The van der Waals surface area contributed by atoms with Gasteiger partial charge in [0.2, 0.25) is 21.8 Å². The van der Waals surface area contributed by atoms with Crippen molar-refractivity contribution in [1.82, 2.24) is 10.2 Å². The minimum atomic E-state index is -3.83. The first-order valence-corrected chi connectivity index (χ1v) is 12.7. The van der Waals surface area contributed by atoms with Crippen molar-refractivity contribution in [3.63, 3.8) is 0 Å². The van der Waals surface area contributed by atoms with Crippen LogP contribution < -0.4 is 9.62 Å². The molecule has 0 aromatic heterocycles. The third kappa shape index (κ3) is 7.12. The molecule has 0 fully saturated rings. The lowest BCUT2D eigenvalue weighted by Gasteiger charge is -2.31. The van der Waals surface area contributed by atoms with Crippen molar-refractivity contribution < 1.29 is 18.0 Å². The molecule has 32 heavy (non-hydrogen) atoms. The minimum Gasteiger partial charge on any atom is -0.354 e. The highest BCUT2D eigenvalue weighted by molar-refractivity contribution is 7.92. The average Bonchev–Trinajstić information content (AvgIpc) is 2.73. The molecule has 0 saturated heterocycles. The zero-order chi connectivity index (χ0) is 23.9. The van der Waals surface area contributed by atoms with Crippen LogP contribution in [0.3, 0.4) is 0 Å². The van der Waals surface area contributed by atoms with Gasteiger partial charge >= 0.3 is 0 Å². The van der Waals surface area contributed by atoms with Gasteiger partial charge in [-0.2, -0.15) is 0 Å². The molecule has 2 amide bonds. The number of benzene rings is 2. The second-order valence-electron chi connectivity index (χ2n) is 7.34. The number of amides is 2. The van der Waals surface area contributed by atoms with Crippen LogP contribution in [0.2, 0.25) is 10.0 Å². The van der Waals surface area contributed by atoms with Gasteiger partial charge in [-0.3, -0.25) is 13.9 Å². The maximum atomic E-state index is 13.4. The Bertz CT molecular complexity index is 1060. The first-order valence-electron chi connectivity index (χ1n) is 10.1. The third-order valence-electron chi connectivity index (χ3n) is 4.76. The quantitative estimate of drug-likeness (QED) is 0.539. The fourth-order valence-corrected chi connectivity index (χ4v) is 4.42. The number of carbonyl (C=O) groups is 2. The maximum Gasteiger partial charge on any atom is 0.244 e. The number of rotatable bonds is 10. The van der Waals surface area contributed by atoms with E-state index in [4.69, 9.17) is 23.2 Å². The molecule has 1 atom stereocenters. The number of hydrogen-bond acceptors (Lipinski definition) is 4. The summed E-state index contributed by atoms with van der Waals surface area (Å²) in [7, 11) is -3.83. The summed E-state index contributed by atoms with van der Waals surface area (Å²) in [6.45, 7) is 3.58. The van der Waals surface area contributed by atoms with E-state index >= 15 is 0 Å². The largest absolute Gasteiger partial charge is 0.354 e. The molecule has 0 spiro atoms. The molecule has 0 aliphatic rings. The van der Waals surface area contributed by atoms with Crippen molar-refractivity contribution >= 4 is 50.7 Å². The van der Waals surface area contributed by atoms with Gasteiger partial charge in [-0.25, -0.2) is 8.42 Å². The molecule has 7 nitrogen and oxygen atoms in total. The summed E-state index contributed by atoms with van der Waals surface area (Å²) in [4.78, 5) is 27.3. The molecule has 2 aromatic carbocycles. The Labute approximate surface area is 199 Å². The average molecular weight is 500 g/mol. The van der Waals surface area contributed by atoms with E-state index in [2.05, 4.69) is 5.32 Å². The third-order valence-corrected chi connectivity index (χ3v) is 6.44. The second kappa shape index (κ2) is 11.5. The molecule has 0 saturated carbocycles. The summed E-state index contributed by atoms with van der Waals surface area (Å²) in [5.41, 5.74) is 0.903. The van der Waals surface area contributed by atoms with Gasteiger partial charge in [-0.15, -0.1) is 0 Å². The monoisotopic (exact) mass is 499 g/mol. The zero-order valence-corrected chi connectivity index (χ0v) is 20.5. The lowest BCUT2D eigenvalue weighted by molar-refractivity contribution is -0.139. The Balaban J connectivity index is 2.38. The van der Waals surface area contributed by atoms with Crippen molar-refractivity contribution in [3.8, 4) is 0 Å². The van der Waals surface area contributed by atoms with E-state index in [0.29, 0.717) is 17.1 Å². The van der Waals surface area contributed by atoms with E-state index in [9.17, 15) is 18.0 Å². The number of hydrogen-bond donors (Lipinski definition) is 1. The molecule has 0 bridgehead atoms. The lowest BCUT2D eigenvalue weighted by atomic mass is 10.1. The predicted molar refractivity (Wildman–Crippen MR) is 128 cm³/mol. The Morgan fingerprint density at radius 2 is 1.78 bits per heavy atom. The highest BCUT2D eigenvalue weighted by Crippen LogP contribution is 2.27. The van der Waals surface area contributed by atoms with E-state index in [-0.39, 0.29) is 23.2 Å². The number of para-hydroxylation sites is 1. The summed E-state index contributed by atoms with van der Waals surface area (Å²) in [5.74, 6) is -0.875. The van der Waals surface area contributed by atoms with Gasteiger partial charge in [-0.05, 0) is 43.2 Å². The van der Waals surface area contributed by atoms with E-state index in [1.165, 1.54) is 11.0 Å². The molecule has 0 unspecified atom stereocenters.